The van der Waals surface area contributed by atoms with Gasteiger partial charge in [0.25, 0.3) is 5.17 Å². The van der Waals surface area contributed by atoms with Gasteiger partial charge in [0.15, 0.2) is 5.78 Å². The summed E-state index contributed by atoms with van der Waals surface area (Å²) < 4.78 is 5.53. The van der Waals surface area contributed by atoms with Crippen molar-refractivity contribution in [2.75, 3.05) is 14.1 Å². The lowest BCUT2D eigenvalue weighted by Crippen LogP contribution is -2.24. The third-order valence-corrected chi connectivity index (χ3v) is 3.50. The Balaban J connectivity index is 2.15. The van der Waals surface area contributed by atoms with Crippen molar-refractivity contribution in [3.8, 4) is 16.9 Å². The summed E-state index contributed by atoms with van der Waals surface area (Å²) in [5.41, 5.74) is 2.84. The molecule has 0 unspecified atom stereocenters. The van der Waals surface area contributed by atoms with Gasteiger partial charge in [-0.1, -0.05) is 36.4 Å². The molecule has 21 heavy (non-hydrogen) atoms. The number of hydrogen-bond acceptors (Lipinski definition) is 3. The van der Waals surface area contributed by atoms with Crippen LogP contribution in [0.3, 0.4) is 0 Å². The maximum atomic E-state index is 11.3. The summed E-state index contributed by atoms with van der Waals surface area (Å²) in [4.78, 5) is 13.0. The zero-order valence-corrected chi connectivity index (χ0v) is 13.1. The molecule has 0 bridgehead atoms. The first-order valence-electron chi connectivity index (χ1n) is 6.58. The second kappa shape index (κ2) is 6.50. The third kappa shape index (κ3) is 3.89. The Hall–Kier alpha value is -2.20. The van der Waals surface area contributed by atoms with Crippen LogP contribution in [0.5, 0.6) is 5.75 Å². The summed E-state index contributed by atoms with van der Waals surface area (Å²) in [6.45, 7) is 1.56. The van der Waals surface area contributed by atoms with Crippen LogP contribution in [0, 0.1) is 0 Å². The third-order valence-electron chi connectivity index (χ3n) is 3.05. The predicted octanol–water partition coefficient (Wildman–Crippen LogP) is 3.78. The van der Waals surface area contributed by atoms with Crippen LogP contribution >= 0.6 is 12.2 Å². The molecule has 0 aliphatic rings. The zero-order valence-electron chi connectivity index (χ0n) is 12.3. The quantitative estimate of drug-likeness (QED) is 0.637. The van der Waals surface area contributed by atoms with Crippen LogP contribution < -0.4 is 4.74 Å². The average Bonchev–Trinajstić information content (AvgIpc) is 2.48. The van der Waals surface area contributed by atoms with Gasteiger partial charge < -0.3 is 9.64 Å². The van der Waals surface area contributed by atoms with Crippen LogP contribution in [-0.2, 0) is 0 Å². The second-order valence-corrected chi connectivity index (χ2v) is 5.27. The van der Waals surface area contributed by atoms with Gasteiger partial charge in [-0.3, -0.25) is 4.79 Å². The van der Waals surface area contributed by atoms with E-state index in [1.807, 2.05) is 62.6 Å². The number of rotatable bonds is 3. The lowest BCUT2D eigenvalue weighted by molar-refractivity contribution is 0.101. The molecule has 2 aromatic carbocycles. The highest BCUT2D eigenvalue weighted by atomic mass is 32.1. The average molecular weight is 299 g/mol. The Morgan fingerprint density at radius 3 is 1.86 bits per heavy atom. The van der Waals surface area contributed by atoms with Crippen LogP contribution in [0.4, 0.5) is 0 Å². The van der Waals surface area contributed by atoms with Gasteiger partial charge in [0, 0.05) is 19.7 Å². The molecule has 0 saturated carbocycles. The molecular weight excluding hydrogens is 282 g/mol. The number of carbonyl (C=O) groups excluding carboxylic acids is 1. The van der Waals surface area contributed by atoms with Crippen molar-refractivity contribution < 1.29 is 9.53 Å². The minimum Gasteiger partial charge on any atom is -0.432 e. The number of ether oxygens (including phenoxy) is 1. The van der Waals surface area contributed by atoms with Gasteiger partial charge in [-0.15, -0.1) is 0 Å². The molecule has 0 aliphatic heterocycles. The molecule has 0 fully saturated rings. The maximum absolute atomic E-state index is 11.3. The fourth-order valence-electron chi connectivity index (χ4n) is 1.80. The Bertz CT molecular complexity index is 645. The Morgan fingerprint density at radius 2 is 1.43 bits per heavy atom. The molecule has 0 spiro atoms. The summed E-state index contributed by atoms with van der Waals surface area (Å²) in [6.07, 6.45) is 0. The fraction of sp³-hybridized carbons (Fsp3) is 0.176. The molecule has 2 aromatic rings. The highest BCUT2D eigenvalue weighted by Gasteiger charge is 2.04. The highest BCUT2D eigenvalue weighted by molar-refractivity contribution is 7.80. The number of hydrogen-bond donors (Lipinski definition) is 0. The first kappa shape index (κ1) is 15.2. The van der Waals surface area contributed by atoms with Crippen LogP contribution in [0.1, 0.15) is 17.3 Å². The second-order valence-electron chi connectivity index (χ2n) is 4.92. The summed E-state index contributed by atoms with van der Waals surface area (Å²) >= 11 is 5.10. The number of benzene rings is 2. The van der Waals surface area contributed by atoms with Crippen molar-refractivity contribution in [3.63, 3.8) is 0 Å². The summed E-state index contributed by atoms with van der Waals surface area (Å²) in [5, 5.41) is 0.425. The minimum absolute atomic E-state index is 0.0718. The van der Waals surface area contributed by atoms with Crippen LogP contribution in [0.2, 0.25) is 0 Å². The normalized spacial score (nSPS) is 10.0. The fourth-order valence-corrected chi connectivity index (χ4v) is 1.90. The summed E-state index contributed by atoms with van der Waals surface area (Å²) in [7, 11) is 3.68. The van der Waals surface area contributed by atoms with Crippen LogP contribution in [0.25, 0.3) is 11.1 Å². The molecule has 0 aromatic heterocycles. The molecule has 0 radical (unpaired) electrons. The Labute approximate surface area is 130 Å². The van der Waals surface area contributed by atoms with E-state index in [0.717, 1.165) is 16.7 Å². The lowest BCUT2D eigenvalue weighted by atomic mass is 10.0. The monoisotopic (exact) mass is 299 g/mol. The van der Waals surface area contributed by atoms with E-state index in [9.17, 15) is 4.79 Å². The number of nitrogens with zero attached hydrogens (tertiary/aromatic N) is 1. The van der Waals surface area contributed by atoms with Gasteiger partial charge in [-0.25, -0.2) is 0 Å². The molecule has 2 rings (SSSR count). The Morgan fingerprint density at radius 1 is 0.952 bits per heavy atom. The van der Waals surface area contributed by atoms with E-state index in [2.05, 4.69) is 0 Å². The number of Topliss-reactive ketones (excluding diaryl/α,β-unsaturated/α-hetero) is 1. The van der Waals surface area contributed by atoms with Gasteiger partial charge in [-0.2, -0.15) is 0 Å². The van der Waals surface area contributed by atoms with Gasteiger partial charge in [-0.05, 0) is 42.4 Å². The molecule has 0 amide bonds. The van der Waals surface area contributed by atoms with E-state index in [1.165, 1.54) is 0 Å². The van der Waals surface area contributed by atoms with Gasteiger partial charge >= 0.3 is 0 Å². The van der Waals surface area contributed by atoms with Crippen LogP contribution in [-0.4, -0.2) is 30.0 Å². The summed E-state index contributed by atoms with van der Waals surface area (Å²) in [6, 6.07) is 15.3. The first-order chi connectivity index (χ1) is 9.97. The van der Waals surface area contributed by atoms with Crippen molar-refractivity contribution in [1.29, 1.82) is 0 Å². The van der Waals surface area contributed by atoms with Crippen molar-refractivity contribution >= 4 is 23.2 Å². The number of ketones is 1. The Kier molecular flexibility index (Phi) is 4.70. The van der Waals surface area contributed by atoms with E-state index in [1.54, 1.807) is 11.8 Å². The van der Waals surface area contributed by atoms with Crippen molar-refractivity contribution in [2.45, 2.75) is 6.92 Å². The number of carbonyl (C=O) groups is 1. The molecule has 0 heterocycles. The molecule has 4 heteroatoms. The van der Waals surface area contributed by atoms with Crippen molar-refractivity contribution in [2.24, 2.45) is 0 Å². The van der Waals surface area contributed by atoms with E-state index < -0.39 is 0 Å². The summed E-state index contributed by atoms with van der Waals surface area (Å²) in [5.74, 6) is 0.778. The van der Waals surface area contributed by atoms with E-state index in [-0.39, 0.29) is 5.78 Å². The smallest absolute Gasteiger partial charge is 0.264 e. The minimum atomic E-state index is 0.0718. The number of thiocarbonyl (C=S) groups is 1. The first-order valence-corrected chi connectivity index (χ1v) is 6.99. The van der Waals surface area contributed by atoms with Crippen molar-refractivity contribution in [3.05, 3.63) is 54.1 Å². The topological polar surface area (TPSA) is 29.5 Å². The van der Waals surface area contributed by atoms with E-state index in [4.69, 9.17) is 17.0 Å². The van der Waals surface area contributed by atoms with Crippen molar-refractivity contribution in [1.82, 2.24) is 4.90 Å². The SMILES string of the molecule is CC(=O)c1ccc(-c2ccc(OC(=S)N(C)C)cc2)cc1. The van der Waals surface area contributed by atoms with Gasteiger partial charge in [0.2, 0.25) is 0 Å². The van der Waals surface area contributed by atoms with E-state index >= 15 is 0 Å². The largest absolute Gasteiger partial charge is 0.432 e. The molecule has 108 valence electrons. The molecule has 0 saturated heterocycles. The molecule has 0 atom stereocenters. The van der Waals surface area contributed by atoms with Crippen LogP contribution in [0.15, 0.2) is 48.5 Å². The zero-order chi connectivity index (χ0) is 15.4. The lowest BCUT2D eigenvalue weighted by Gasteiger charge is -2.14. The van der Waals surface area contributed by atoms with Gasteiger partial charge in [0.05, 0.1) is 0 Å². The molecule has 0 N–H and O–H groups in total. The molecule has 0 aliphatic carbocycles. The predicted molar refractivity (Wildman–Crippen MR) is 88.8 cm³/mol. The molecular formula is C17H17NO2S. The highest BCUT2D eigenvalue weighted by Crippen LogP contribution is 2.23. The standard InChI is InChI=1S/C17H17NO2S/c1-12(19)13-4-6-14(7-5-13)15-8-10-16(11-9-15)20-17(21)18(2)3/h4-11H,1-3H3. The van der Waals surface area contributed by atoms with Gasteiger partial charge in [0.1, 0.15) is 5.75 Å². The van der Waals surface area contributed by atoms with E-state index in [0.29, 0.717) is 10.9 Å². The maximum Gasteiger partial charge on any atom is 0.264 e. The molecule has 3 nitrogen and oxygen atoms in total.